The number of halogens is 1. The summed E-state index contributed by atoms with van der Waals surface area (Å²) in [5, 5.41) is 1.95. The van der Waals surface area contributed by atoms with E-state index in [4.69, 9.17) is 0 Å². The first-order valence-corrected chi connectivity index (χ1v) is 4.31. The number of aryl methyl sites for hydroxylation is 1. The summed E-state index contributed by atoms with van der Waals surface area (Å²) in [6.45, 7) is -0.828. The van der Waals surface area contributed by atoms with E-state index >= 15 is 0 Å². The van der Waals surface area contributed by atoms with Crippen molar-refractivity contribution in [1.29, 1.82) is 0 Å². The molecule has 1 nitrogen and oxygen atoms in total. The third-order valence-electron chi connectivity index (χ3n) is 1.38. The van der Waals surface area contributed by atoms with E-state index in [2.05, 4.69) is 0 Å². The summed E-state index contributed by atoms with van der Waals surface area (Å²) in [7, 11) is 0. The second-order valence-corrected chi connectivity index (χ2v) is 3.28. The Morgan fingerprint density at radius 3 is 3.00 bits per heavy atom. The number of hydrogen-bond acceptors (Lipinski definition) is 2. The molecule has 0 N–H and O–H groups in total. The van der Waals surface area contributed by atoms with E-state index in [0.29, 0.717) is 12.8 Å². The maximum Gasteiger partial charge on any atom is 0.164 e. The van der Waals surface area contributed by atoms with Gasteiger partial charge in [0.25, 0.3) is 0 Å². The Bertz CT molecular complexity index is 218. The van der Waals surface area contributed by atoms with Crippen LogP contribution in [0, 0.1) is 0 Å². The van der Waals surface area contributed by atoms with Crippen molar-refractivity contribution in [3.63, 3.8) is 0 Å². The second-order valence-electron chi connectivity index (χ2n) is 2.25. The maximum atomic E-state index is 11.7. The summed E-state index contributed by atoms with van der Waals surface area (Å²) in [4.78, 5) is 11.7. The Morgan fingerprint density at radius 2 is 2.45 bits per heavy atom. The van der Waals surface area contributed by atoms with E-state index in [-0.39, 0.29) is 5.78 Å². The lowest BCUT2D eigenvalue weighted by molar-refractivity contribution is -0.119. The molecule has 0 saturated carbocycles. The van der Waals surface area contributed by atoms with Gasteiger partial charge in [-0.2, -0.15) is 0 Å². The van der Waals surface area contributed by atoms with Crippen molar-refractivity contribution in [2.45, 2.75) is 12.8 Å². The number of carbonyl (C=O) groups excluding carboxylic acids is 1. The molecule has 0 fully saturated rings. The van der Waals surface area contributed by atoms with Crippen LogP contribution in [0.1, 0.15) is 11.3 Å². The van der Waals surface area contributed by atoms with Crippen molar-refractivity contribution >= 4 is 17.1 Å². The Labute approximate surface area is 68.9 Å². The molecule has 0 saturated heterocycles. The molecule has 0 aliphatic heterocycles. The van der Waals surface area contributed by atoms with E-state index in [1.54, 1.807) is 11.3 Å². The van der Waals surface area contributed by atoms with Gasteiger partial charge >= 0.3 is 0 Å². The van der Waals surface area contributed by atoms with Crippen molar-refractivity contribution in [1.82, 2.24) is 0 Å². The highest BCUT2D eigenvalue weighted by Gasteiger charge is 2.01. The molecule has 0 radical (unpaired) electrons. The molecular formula is C8H9FOS. The van der Waals surface area contributed by atoms with Gasteiger partial charge in [0.1, 0.15) is 6.67 Å². The molecule has 0 atom stereocenters. The van der Waals surface area contributed by atoms with Crippen LogP contribution in [0.25, 0.3) is 0 Å². The van der Waals surface area contributed by atoms with Crippen LogP contribution in [0.3, 0.4) is 0 Å². The average Bonchev–Trinajstić information content (AvgIpc) is 2.52. The highest BCUT2D eigenvalue weighted by atomic mass is 32.1. The van der Waals surface area contributed by atoms with Crippen LogP contribution in [0.5, 0.6) is 0 Å². The normalized spacial score (nSPS) is 9.91. The number of hydrogen-bond donors (Lipinski definition) is 0. The molecule has 0 bridgehead atoms. The first-order chi connectivity index (χ1) is 5.33. The standard InChI is InChI=1S/C8H9FOS/c9-6-7(10)3-4-8-2-1-5-11-8/h1-2,5H,3-4,6H2. The van der Waals surface area contributed by atoms with Gasteiger partial charge < -0.3 is 0 Å². The van der Waals surface area contributed by atoms with Gasteiger partial charge in [0.15, 0.2) is 5.78 Å². The lowest BCUT2D eigenvalue weighted by Crippen LogP contribution is -2.00. The predicted octanol–water partition coefficient (Wildman–Crippen LogP) is 2.22. The van der Waals surface area contributed by atoms with E-state index in [1.807, 2.05) is 17.5 Å². The molecule has 0 amide bonds. The summed E-state index contributed by atoms with van der Waals surface area (Å²) in [5.74, 6) is -0.307. The van der Waals surface area contributed by atoms with Gasteiger partial charge in [0.05, 0.1) is 0 Å². The Hall–Kier alpha value is -0.700. The molecule has 0 aliphatic rings. The summed E-state index contributed by atoms with van der Waals surface area (Å²) in [5.41, 5.74) is 0. The van der Waals surface area contributed by atoms with Crippen molar-refractivity contribution in [2.24, 2.45) is 0 Å². The molecule has 1 heterocycles. The smallest absolute Gasteiger partial charge is 0.164 e. The fourth-order valence-electron chi connectivity index (χ4n) is 0.784. The third kappa shape index (κ3) is 2.80. The minimum atomic E-state index is -0.828. The number of ketones is 1. The van der Waals surface area contributed by atoms with Gasteiger partial charge in [-0.1, -0.05) is 6.07 Å². The van der Waals surface area contributed by atoms with Gasteiger partial charge in [0.2, 0.25) is 0 Å². The van der Waals surface area contributed by atoms with E-state index in [9.17, 15) is 9.18 Å². The minimum Gasteiger partial charge on any atom is -0.297 e. The van der Waals surface area contributed by atoms with Crippen LogP contribution in [-0.4, -0.2) is 12.5 Å². The second kappa shape index (κ2) is 4.23. The largest absolute Gasteiger partial charge is 0.297 e. The number of rotatable bonds is 4. The van der Waals surface area contributed by atoms with Crippen LogP contribution >= 0.6 is 11.3 Å². The molecule has 1 rings (SSSR count). The van der Waals surface area contributed by atoms with Crippen molar-refractivity contribution in [2.75, 3.05) is 6.67 Å². The SMILES string of the molecule is O=C(CF)CCc1cccs1. The fourth-order valence-corrected chi connectivity index (χ4v) is 1.49. The average molecular weight is 172 g/mol. The first kappa shape index (κ1) is 8.40. The summed E-state index contributed by atoms with van der Waals surface area (Å²) in [6.07, 6.45) is 1.01. The lowest BCUT2D eigenvalue weighted by atomic mass is 10.2. The third-order valence-corrected chi connectivity index (χ3v) is 2.32. The van der Waals surface area contributed by atoms with Crippen LogP contribution in [0.2, 0.25) is 0 Å². The van der Waals surface area contributed by atoms with Gasteiger partial charge in [-0.25, -0.2) is 4.39 Å². The Kier molecular flexibility index (Phi) is 3.23. The maximum absolute atomic E-state index is 11.7. The molecule has 60 valence electrons. The van der Waals surface area contributed by atoms with Crippen LogP contribution in [0.15, 0.2) is 17.5 Å². The topological polar surface area (TPSA) is 17.1 Å². The molecule has 0 aromatic carbocycles. The molecule has 0 aliphatic carbocycles. The van der Waals surface area contributed by atoms with Crippen LogP contribution < -0.4 is 0 Å². The monoisotopic (exact) mass is 172 g/mol. The summed E-state index contributed by atoms with van der Waals surface area (Å²) >= 11 is 1.60. The Morgan fingerprint density at radius 1 is 1.64 bits per heavy atom. The van der Waals surface area contributed by atoms with E-state index < -0.39 is 6.67 Å². The zero-order valence-corrected chi connectivity index (χ0v) is 6.86. The minimum absolute atomic E-state index is 0.307. The van der Waals surface area contributed by atoms with Crippen LogP contribution in [0.4, 0.5) is 4.39 Å². The number of carbonyl (C=O) groups is 1. The fraction of sp³-hybridized carbons (Fsp3) is 0.375. The zero-order valence-electron chi connectivity index (χ0n) is 6.05. The number of alkyl halides is 1. The van der Waals surface area contributed by atoms with Gasteiger partial charge in [-0.15, -0.1) is 11.3 Å². The van der Waals surface area contributed by atoms with Gasteiger partial charge in [-0.05, 0) is 17.9 Å². The van der Waals surface area contributed by atoms with E-state index in [0.717, 1.165) is 4.88 Å². The highest BCUT2D eigenvalue weighted by molar-refractivity contribution is 7.09. The van der Waals surface area contributed by atoms with Gasteiger partial charge in [-0.3, -0.25) is 4.79 Å². The quantitative estimate of drug-likeness (QED) is 0.680. The van der Waals surface area contributed by atoms with Crippen molar-refractivity contribution < 1.29 is 9.18 Å². The molecular weight excluding hydrogens is 163 g/mol. The molecule has 1 aromatic rings. The number of Topliss-reactive ketones (excluding diaryl/α,β-unsaturated/α-hetero) is 1. The van der Waals surface area contributed by atoms with E-state index in [1.165, 1.54) is 0 Å². The summed E-state index contributed by atoms with van der Waals surface area (Å²) < 4.78 is 11.7. The number of thiophene rings is 1. The Balaban J connectivity index is 2.29. The van der Waals surface area contributed by atoms with Crippen molar-refractivity contribution in [3.8, 4) is 0 Å². The molecule has 0 spiro atoms. The van der Waals surface area contributed by atoms with Gasteiger partial charge in [0, 0.05) is 11.3 Å². The highest BCUT2D eigenvalue weighted by Crippen LogP contribution is 2.10. The van der Waals surface area contributed by atoms with Crippen molar-refractivity contribution in [3.05, 3.63) is 22.4 Å². The predicted molar refractivity (Wildman–Crippen MR) is 43.6 cm³/mol. The molecule has 1 aromatic heterocycles. The molecule has 11 heavy (non-hydrogen) atoms. The summed E-state index contributed by atoms with van der Waals surface area (Å²) in [6, 6.07) is 3.89. The lowest BCUT2D eigenvalue weighted by Gasteiger charge is -1.92. The first-order valence-electron chi connectivity index (χ1n) is 3.43. The zero-order chi connectivity index (χ0) is 8.10. The molecule has 0 unspecified atom stereocenters. The van der Waals surface area contributed by atoms with Crippen LogP contribution in [-0.2, 0) is 11.2 Å². The molecule has 3 heteroatoms.